The van der Waals surface area contributed by atoms with Gasteiger partial charge < -0.3 is 26.8 Å². The van der Waals surface area contributed by atoms with Crippen molar-refractivity contribution in [1.82, 2.24) is 21.3 Å². The van der Waals surface area contributed by atoms with E-state index in [4.69, 9.17) is 10.8 Å². The van der Waals surface area contributed by atoms with E-state index in [1.165, 1.54) is 19.3 Å². The molecule has 2 aliphatic rings. The maximum atomic E-state index is 12.9. The Balaban J connectivity index is 2.16. The van der Waals surface area contributed by atoms with Gasteiger partial charge in [-0.2, -0.15) is 0 Å². The van der Waals surface area contributed by atoms with E-state index in [2.05, 4.69) is 49.0 Å². The highest BCUT2D eigenvalue weighted by Gasteiger charge is 2.36. The molecule has 2 fully saturated rings. The molecule has 0 spiro atoms. The van der Waals surface area contributed by atoms with Crippen LogP contribution in [0.15, 0.2) is 0 Å². The lowest BCUT2D eigenvalue weighted by Gasteiger charge is -2.39. The number of nitrogens with one attached hydrogen (secondary N) is 4. The molecule has 2 heterocycles. The minimum Gasteiger partial charge on any atom is -0.481 e. The van der Waals surface area contributed by atoms with Crippen LogP contribution in [0.25, 0.3) is 0 Å². The first-order valence-corrected chi connectivity index (χ1v) is 14.5. The Labute approximate surface area is 219 Å². The number of carboxylic acids is 1. The zero-order valence-electron chi connectivity index (χ0n) is 23.5. The van der Waals surface area contributed by atoms with Crippen LogP contribution < -0.4 is 27.0 Å². The summed E-state index contributed by atoms with van der Waals surface area (Å²) in [6.45, 7) is 12.3. The maximum absolute atomic E-state index is 12.9. The van der Waals surface area contributed by atoms with Gasteiger partial charge in [0.25, 0.3) is 0 Å². The summed E-state index contributed by atoms with van der Waals surface area (Å²) in [6.07, 6.45) is 10.6. The molecule has 6 atom stereocenters. The molecular formula is C28H55N5O3. The second kappa shape index (κ2) is 15.3. The molecule has 2 saturated heterocycles. The Kier molecular flexibility index (Phi) is 13.1. The van der Waals surface area contributed by atoms with Crippen LogP contribution in [0.5, 0.6) is 0 Å². The van der Waals surface area contributed by atoms with Gasteiger partial charge in [-0.1, -0.05) is 33.6 Å². The van der Waals surface area contributed by atoms with Crippen LogP contribution >= 0.6 is 0 Å². The maximum Gasteiger partial charge on any atom is 0.303 e. The molecule has 0 aromatic rings. The summed E-state index contributed by atoms with van der Waals surface area (Å²) < 4.78 is 0. The molecule has 8 nitrogen and oxygen atoms in total. The molecule has 0 saturated carbocycles. The number of fused-ring (bicyclic) bond motifs is 2. The van der Waals surface area contributed by atoms with Gasteiger partial charge in [0, 0.05) is 37.5 Å². The molecule has 7 N–H and O–H groups in total. The second-order valence-corrected chi connectivity index (χ2v) is 12.4. The van der Waals surface area contributed by atoms with Crippen molar-refractivity contribution < 1.29 is 14.7 Å². The van der Waals surface area contributed by atoms with Gasteiger partial charge in [0.2, 0.25) is 5.91 Å². The first-order valence-electron chi connectivity index (χ1n) is 14.5. The van der Waals surface area contributed by atoms with Crippen molar-refractivity contribution in [3.63, 3.8) is 0 Å². The minimum absolute atomic E-state index is 0.0250. The SMILES string of the molecule is CC[C@H]1CC[C@@](C)(N)CNCC(C)CNC[C@]2(NC(=O)CCCC(=O)O)CCCC[C@@H](CC(C)C1)N2. The monoisotopic (exact) mass is 509 g/mol. The lowest BCUT2D eigenvalue weighted by molar-refractivity contribution is -0.137. The third-order valence-electron chi connectivity index (χ3n) is 8.12. The molecule has 2 bridgehead atoms. The van der Waals surface area contributed by atoms with Crippen molar-refractivity contribution in [1.29, 1.82) is 0 Å². The minimum atomic E-state index is -0.854. The van der Waals surface area contributed by atoms with Crippen LogP contribution in [-0.4, -0.2) is 60.4 Å². The van der Waals surface area contributed by atoms with Crippen molar-refractivity contribution >= 4 is 11.9 Å². The summed E-state index contributed by atoms with van der Waals surface area (Å²) in [5, 5.41) is 23.4. The van der Waals surface area contributed by atoms with Crippen molar-refractivity contribution in [3.8, 4) is 0 Å². The number of rotatable bonds is 6. The number of aliphatic carboxylic acids is 1. The van der Waals surface area contributed by atoms with Crippen LogP contribution in [0.2, 0.25) is 0 Å². The standard InChI is InChI=1S/C28H55N5O3/c1-5-23-12-14-27(4,29)19-30-17-22(3)18-31-20-28(33-25(34)10-8-11-26(35)36)13-7-6-9-24(32-28)16-21(2)15-23/h21-24,30-32H,5-20,29H2,1-4H3,(H,33,34)(H,35,36)/t21?,22?,23-,24-,27+,28+/m0/s1. The van der Waals surface area contributed by atoms with Gasteiger partial charge in [-0.3, -0.25) is 14.9 Å². The molecular weight excluding hydrogens is 454 g/mol. The van der Waals surface area contributed by atoms with E-state index < -0.39 is 11.6 Å². The number of carboxylic acid groups (broad SMARTS) is 1. The third kappa shape index (κ3) is 11.9. The fraction of sp³-hybridized carbons (Fsp3) is 0.929. The molecule has 0 aliphatic carbocycles. The summed E-state index contributed by atoms with van der Waals surface area (Å²) in [5.41, 5.74) is 5.96. The fourth-order valence-electron chi connectivity index (χ4n) is 6.01. The fourth-order valence-corrected chi connectivity index (χ4v) is 6.01. The molecule has 0 aromatic heterocycles. The third-order valence-corrected chi connectivity index (χ3v) is 8.12. The lowest BCUT2D eigenvalue weighted by Crippen LogP contribution is -2.66. The molecule has 2 unspecified atom stereocenters. The van der Waals surface area contributed by atoms with Crippen LogP contribution in [-0.2, 0) is 9.59 Å². The van der Waals surface area contributed by atoms with Crippen molar-refractivity contribution in [3.05, 3.63) is 0 Å². The number of carbonyl (C=O) groups is 2. The highest BCUT2D eigenvalue weighted by molar-refractivity contribution is 5.77. The Bertz CT molecular complexity index is 674. The van der Waals surface area contributed by atoms with E-state index in [1.54, 1.807) is 0 Å². The van der Waals surface area contributed by atoms with Crippen LogP contribution in [0, 0.1) is 17.8 Å². The topological polar surface area (TPSA) is 129 Å². The molecule has 0 aromatic carbocycles. The number of hydrogen-bond acceptors (Lipinski definition) is 6. The highest BCUT2D eigenvalue weighted by Crippen LogP contribution is 2.29. The van der Waals surface area contributed by atoms with E-state index in [0.717, 1.165) is 58.2 Å². The van der Waals surface area contributed by atoms with Crippen molar-refractivity contribution in [2.45, 2.75) is 122 Å². The van der Waals surface area contributed by atoms with Crippen molar-refractivity contribution in [2.24, 2.45) is 23.5 Å². The van der Waals surface area contributed by atoms with Gasteiger partial charge in [0.15, 0.2) is 0 Å². The van der Waals surface area contributed by atoms with E-state index in [1.807, 2.05) is 0 Å². The smallest absolute Gasteiger partial charge is 0.303 e. The molecule has 210 valence electrons. The summed E-state index contributed by atoms with van der Waals surface area (Å²) in [4.78, 5) is 23.8. The average molecular weight is 510 g/mol. The first kappa shape index (κ1) is 31.0. The van der Waals surface area contributed by atoms with Gasteiger partial charge in [0.1, 0.15) is 5.66 Å². The summed E-state index contributed by atoms with van der Waals surface area (Å²) in [6, 6.07) is 0.357. The molecule has 1 amide bonds. The summed E-state index contributed by atoms with van der Waals surface area (Å²) in [5.74, 6) is 0.801. The Morgan fingerprint density at radius 1 is 1.00 bits per heavy atom. The zero-order chi connectivity index (χ0) is 26.6. The molecule has 2 rings (SSSR count). The Morgan fingerprint density at radius 3 is 2.42 bits per heavy atom. The Morgan fingerprint density at radius 2 is 1.72 bits per heavy atom. The quantitative estimate of drug-likeness (QED) is 0.324. The average Bonchev–Trinajstić information content (AvgIpc) is 2.97. The number of nitrogens with two attached hydrogens (primary N) is 1. The summed E-state index contributed by atoms with van der Waals surface area (Å²) in [7, 11) is 0. The lowest BCUT2D eigenvalue weighted by atomic mass is 9.83. The van der Waals surface area contributed by atoms with E-state index in [-0.39, 0.29) is 24.3 Å². The molecule has 0 radical (unpaired) electrons. The van der Waals surface area contributed by atoms with Crippen molar-refractivity contribution in [2.75, 3.05) is 26.2 Å². The predicted octanol–water partition coefficient (Wildman–Crippen LogP) is 3.36. The number of hydrogen-bond donors (Lipinski definition) is 6. The number of carbonyl (C=O) groups excluding carboxylic acids is 1. The van der Waals surface area contributed by atoms with Gasteiger partial charge in [-0.25, -0.2) is 0 Å². The predicted molar refractivity (Wildman–Crippen MR) is 147 cm³/mol. The molecule has 36 heavy (non-hydrogen) atoms. The van der Waals surface area contributed by atoms with Crippen LogP contribution in [0.4, 0.5) is 0 Å². The number of amides is 1. The van der Waals surface area contributed by atoms with Gasteiger partial charge >= 0.3 is 5.97 Å². The zero-order valence-corrected chi connectivity index (χ0v) is 23.5. The van der Waals surface area contributed by atoms with Gasteiger partial charge in [-0.05, 0) is 89.1 Å². The molecule has 2 aliphatic heterocycles. The van der Waals surface area contributed by atoms with Gasteiger partial charge in [0.05, 0.1) is 0 Å². The van der Waals surface area contributed by atoms with E-state index >= 15 is 0 Å². The first-order chi connectivity index (χ1) is 17.0. The van der Waals surface area contributed by atoms with E-state index in [0.29, 0.717) is 36.8 Å². The van der Waals surface area contributed by atoms with Crippen LogP contribution in [0.3, 0.4) is 0 Å². The largest absolute Gasteiger partial charge is 0.481 e. The highest BCUT2D eigenvalue weighted by atomic mass is 16.4. The Hall–Kier alpha value is -1.22. The normalized spacial score (nSPS) is 35.8. The summed E-state index contributed by atoms with van der Waals surface area (Å²) >= 11 is 0. The second-order valence-electron chi connectivity index (χ2n) is 12.4. The molecule has 8 heteroatoms. The van der Waals surface area contributed by atoms with Gasteiger partial charge in [-0.15, -0.1) is 0 Å². The van der Waals surface area contributed by atoms with E-state index in [9.17, 15) is 9.59 Å². The van der Waals surface area contributed by atoms with Crippen LogP contribution in [0.1, 0.15) is 105 Å².